The molecule has 0 amide bonds. The van der Waals surface area contributed by atoms with Crippen molar-refractivity contribution in [2.45, 2.75) is 77.0 Å². The lowest BCUT2D eigenvalue weighted by molar-refractivity contribution is 0.0197. The molecular formula is C29H32F2N6OS. The first kappa shape index (κ1) is 26.0. The van der Waals surface area contributed by atoms with E-state index in [-0.39, 0.29) is 30.0 Å². The summed E-state index contributed by atoms with van der Waals surface area (Å²) in [5.74, 6) is 0.318. The number of aliphatic hydroxyl groups is 1. The average molecular weight is 551 g/mol. The van der Waals surface area contributed by atoms with E-state index in [2.05, 4.69) is 20.6 Å². The highest BCUT2D eigenvalue weighted by Crippen LogP contribution is 2.45. The van der Waals surface area contributed by atoms with E-state index in [9.17, 15) is 13.9 Å². The van der Waals surface area contributed by atoms with Gasteiger partial charge in [-0.05, 0) is 77.0 Å². The van der Waals surface area contributed by atoms with Gasteiger partial charge in [0, 0.05) is 30.3 Å². The van der Waals surface area contributed by atoms with Crippen LogP contribution in [0.2, 0.25) is 0 Å². The lowest BCUT2D eigenvalue weighted by Crippen LogP contribution is -2.30. The largest absolute Gasteiger partial charge is 0.390 e. The van der Waals surface area contributed by atoms with Gasteiger partial charge in [-0.2, -0.15) is 4.98 Å². The molecule has 2 aliphatic carbocycles. The number of thiazole rings is 1. The van der Waals surface area contributed by atoms with E-state index in [1.807, 2.05) is 33.0 Å². The second kappa shape index (κ2) is 10.1. The molecule has 0 radical (unpaired) electrons. The van der Waals surface area contributed by atoms with E-state index in [1.54, 1.807) is 11.3 Å². The van der Waals surface area contributed by atoms with Gasteiger partial charge in [0.15, 0.2) is 0 Å². The van der Waals surface area contributed by atoms with Crippen LogP contribution in [0.4, 0.5) is 20.5 Å². The monoisotopic (exact) mass is 550 g/mol. The van der Waals surface area contributed by atoms with Gasteiger partial charge >= 0.3 is 0 Å². The number of nitrogens with zero attached hydrogens (tertiary/aromatic N) is 4. The van der Waals surface area contributed by atoms with Crippen LogP contribution in [0.1, 0.15) is 68.8 Å². The van der Waals surface area contributed by atoms with E-state index in [1.165, 1.54) is 18.2 Å². The molecule has 39 heavy (non-hydrogen) atoms. The number of benzene rings is 1. The van der Waals surface area contributed by atoms with Crippen LogP contribution in [-0.4, -0.2) is 36.7 Å². The highest BCUT2D eigenvalue weighted by atomic mass is 32.1. The zero-order valence-corrected chi connectivity index (χ0v) is 23.1. The van der Waals surface area contributed by atoms with E-state index < -0.39 is 17.2 Å². The zero-order valence-electron chi connectivity index (χ0n) is 22.3. The Labute approximate surface area is 230 Å². The van der Waals surface area contributed by atoms with Crippen LogP contribution < -0.4 is 10.6 Å². The fourth-order valence-corrected chi connectivity index (χ4v) is 6.53. The Bertz CT molecular complexity index is 1510. The lowest BCUT2D eigenvalue weighted by atomic mass is 9.89. The highest BCUT2D eigenvalue weighted by Gasteiger charge is 2.35. The van der Waals surface area contributed by atoms with Gasteiger partial charge in [0.05, 0.1) is 27.3 Å². The molecular weight excluding hydrogens is 518 g/mol. The third-order valence-corrected chi connectivity index (χ3v) is 8.90. The Morgan fingerprint density at radius 2 is 1.82 bits per heavy atom. The number of halogens is 2. The smallest absolute Gasteiger partial charge is 0.225 e. The van der Waals surface area contributed by atoms with E-state index in [0.717, 1.165) is 58.6 Å². The number of nitrogens with one attached hydrogen (secondary N) is 2. The van der Waals surface area contributed by atoms with Gasteiger partial charge in [0.2, 0.25) is 5.95 Å². The molecule has 2 fully saturated rings. The maximum atomic E-state index is 14.2. The predicted octanol–water partition coefficient (Wildman–Crippen LogP) is 6.58. The molecule has 10 heteroatoms. The quantitative estimate of drug-likeness (QED) is 0.228. The fraction of sp³-hybridized carbons (Fsp3) is 0.448. The molecule has 2 aliphatic rings. The first-order valence-electron chi connectivity index (χ1n) is 13.5. The number of pyridine rings is 1. The minimum Gasteiger partial charge on any atom is -0.390 e. The molecule has 0 spiro atoms. The average Bonchev–Trinajstić information content (AvgIpc) is 3.44. The molecule has 3 N–H and O–H groups in total. The summed E-state index contributed by atoms with van der Waals surface area (Å²) in [6, 6.07) is 5.93. The Kier molecular flexibility index (Phi) is 6.71. The highest BCUT2D eigenvalue weighted by molar-refractivity contribution is 7.21. The van der Waals surface area contributed by atoms with Crippen LogP contribution >= 0.6 is 11.3 Å². The van der Waals surface area contributed by atoms with E-state index in [4.69, 9.17) is 9.97 Å². The standard InChI is InChI=1S/C29H32F2N6OS/c1-15-23(27-36-25-22(39-27)11-12-32-24(25)16-7-8-16)26(35-18-10-9-17(13-18)29(2,3)38)37-28(34-15)33-14-19-20(30)5-4-6-21(19)31/h4-6,11-12,16-18,38H,7-10,13-14H2,1-3H3,(H2,33,34,35,37). The molecule has 3 heterocycles. The molecule has 2 unspecified atom stereocenters. The number of rotatable bonds is 8. The summed E-state index contributed by atoms with van der Waals surface area (Å²) in [6.45, 7) is 5.53. The third kappa shape index (κ3) is 5.32. The Hall–Kier alpha value is -3.24. The first-order valence-corrected chi connectivity index (χ1v) is 14.3. The molecule has 1 aromatic carbocycles. The number of aromatic nitrogens is 4. The Morgan fingerprint density at radius 1 is 1.05 bits per heavy atom. The van der Waals surface area contributed by atoms with Crippen molar-refractivity contribution >= 4 is 33.3 Å². The van der Waals surface area contributed by atoms with Crippen LogP contribution in [0.15, 0.2) is 30.5 Å². The van der Waals surface area contributed by atoms with Crippen LogP contribution in [0, 0.1) is 24.5 Å². The van der Waals surface area contributed by atoms with Crippen molar-refractivity contribution in [2.75, 3.05) is 10.6 Å². The summed E-state index contributed by atoms with van der Waals surface area (Å²) < 4.78 is 29.5. The fourth-order valence-electron chi connectivity index (χ4n) is 5.47. The number of hydrogen-bond acceptors (Lipinski definition) is 8. The zero-order chi connectivity index (χ0) is 27.3. The molecule has 2 atom stereocenters. The van der Waals surface area contributed by atoms with Crippen molar-refractivity contribution in [3.8, 4) is 10.6 Å². The SMILES string of the molecule is Cc1nc(NCc2c(F)cccc2F)nc(NC2CCC(C(C)(C)O)C2)c1-c1nc2c(C3CC3)nccc2s1. The number of anilines is 2. The maximum absolute atomic E-state index is 14.2. The third-order valence-electron chi connectivity index (χ3n) is 7.86. The number of hydrogen-bond donors (Lipinski definition) is 3. The molecule has 6 rings (SSSR count). The van der Waals surface area contributed by atoms with Gasteiger partial charge in [-0.3, -0.25) is 4.98 Å². The maximum Gasteiger partial charge on any atom is 0.225 e. The molecule has 7 nitrogen and oxygen atoms in total. The molecule has 0 aliphatic heterocycles. The molecule has 2 saturated carbocycles. The second-order valence-electron chi connectivity index (χ2n) is 11.3. The second-order valence-corrected chi connectivity index (χ2v) is 12.3. The molecule has 4 aromatic rings. The van der Waals surface area contributed by atoms with Crippen molar-refractivity contribution < 1.29 is 13.9 Å². The summed E-state index contributed by atoms with van der Waals surface area (Å²) in [7, 11) is 0. The predicted molar refractivity (Wildman–Crippen MR) is 150 cm³/mol. The number of aryl methyl sites for hydroxylation is 1. The van der Waals surface area contributed by atoms with Gasteiger partial charge < -0.3 is 15.7 Å². The van der Waals surface area contributed by atoms with Crippen molar-refractivity contribution in [2.24, 2.45) is 5.92 Å². The van der Waals surface area contributed by atoms with Crippen molar-refractivity contribution in [1.82, 2.24) is 19.9 Å². The summed E-state index contributed by atoms with van der Waals surface area (Å²) in [5.41, 5.74) is 2.69. The first-order chi connectivity index (χ1) is 18.7. The van der Waals surface area contributed by atoms with Gasteiger partial charge in [-0.1, -0.05) is 6.07 Å². The van der Waals surface area contributed by atoms with Crippen LogP contribution in [0.3, 0.4) is 0 Å². The normalized spacial score (nSPS) is 19.5. The van der Waals surface area contributed by atoms with Crippen LogP contribution in [0.5, 0.6) is 0 Å². The topological polar surface area (TPSA) is 95.9 Å². The summed E-state index contributed by atoms with van der Waals surface area (Å²) in [5, 5.41) is 18.0. The lowest BCUT2D eigenvalue weighted by Gasteiger charge is -2.25. The minimum atomic E-state index is -0.753. The van der Waals surface area contributed by atoms with Crippen molar-refractivity contribution in [1.29, 1.82) is 0 Å². The minimum absolute atomic E-state index is 0.0626. The van der Waals surface area contributed by atoms with E-state index in [0.29, 0.717) is 17.4 Å². The van der Waals surface area contributed by atoms with Gasteiger partial charge in [0.25, 0.3) is 0 Å². The number of fused-ring (bicyclic) bond motifs is 1. The molecule has 204 valence electrons. The summed E-state index contributed by atoms with van der Waals surface area (Å²) in [4.78, 5) is 19.1. The van der Waals surface area contributed by atoms with Crippen molar-refractivity contribution in [3.05, 3.63) is 59.0 Å². The van der Waals surface area contributed by atoms with Crippen molar-refractivity contribution in [3.63, 3.8) is 0 Å². The summed E-state index contributed by atoms with van der Waals surface area (Å²) >= 11 is 1.59. The van der Waals surface area contributed by atoms with Crippen LogP contribution in [0.25, 0.3) is 20.8 Å². The van der Waals surface area contributed by atoms with Gasteiger partial charge in [-0.15, -0.1) is 11.3 Å². The van der Waals surface area contributed by atoms with E-state index >= 15 is 0 Å². The van der Waals surface area contributed by atoms with Gasteiger partial charge in [0.1, 0.15) is 28.0 Å². The Morgan fingerprint density at radius 3 is 2.51 bits per heavy atom. The molecule has 0 saturated heterocycles. The Balaban J connectivity index is 1.36. The summed E-state index contributed by atoms with van der Waals surface area (Å²) in [6.07, 6.45) is 6.75. The molecule has 3 aromatic heterocycles. The van der Waals surface area contributed by atoms with Crippen LogP contribution in [-0.2, 0) is 6.54 Å². The molecule has 0 bridgehead atoms. The van der Waals surface area contributed by atoms with Gasteiger partial charge in [-0.25, -0.2) is 18.7 Å².